The first-order valence-electron chi connectivity index (χ1n) is 7.26. The van der Waals surface area contributed by atoms with Gasteiger partial charge in [-0.25, -0.2) is 0 Å². The van der Waals surface area contributed by atoms with Gasteiger partial charge in [-0.15, -0.1) is 0 Å². The van der Waals surface area contributed by atoms with E-state index < -0.39 is 9.85 Å². The lowest BCUT2D eigenvalue weighted by Crippen LogP contribution is -1.98. The van der Waals surface area contributed by atoms with Crippen LogP contribution in [0.2, 0.25) is 0 Å². The van der Waals surface area contributed by atoms with Gasteiger partial charge in [-0.3, -0.25) is 25.7 Å². The topological polar surface area (TPSA) is 111 Å². The summed E-state index contributed by atoms with van der Waals surface area (Å²) in [4.78, 5) is 20.2. The van der Waals surface area contributed by atoms with E-state index in [-0.39, 0.29) is 17.1 Å². The highest BCUT2D eigenvalue weighted by Crippen LogP contribution is 2.28. The van der Waals surface area contributed by atoms with Crippen molar-refractivity contribution in [2.45, 2.75) is 45.4 Å². The molecule has 1 N–H and O–H groups in total. The third-order valence-corrected chi connectivity index (χ3v) is 3.10. The molecular weight excluding hydrogens is 288 g/mol. The molecule has 1 rings (SSSR count). The molecule has 0 aliphatic carbocycles. The Labute approximate surface area is 128 Å². The minimum atomic E-state index is -0.671. The Morgan fingerprint density at radius 1 is 1.14 bits per heavy atom. The van der Waals surface area contributed by atoms with Crippen molar-refractivity contribution in [3.05, 3.63) is 38.4 Å². The molecule has 0 atom stereocenters. The van der Waals surface area contributed by atoms with Crippen molar-refractivity contribution < 1.29 is 9.85 Å². The largest absolute Gasteiger partial charge is 0.301 e. The van der Waals surface area contributed by atoms with E-state index in [4.69, 9.17) is 0 Å². The number of nitrogens with one attached hydrogen (secondary N) is 1. The Kier molecular flexibility index (Phi) is 7.52. The Morgan fingerprint density at radius 2 is 1.86 bits per heavy atom. The van der Waals surface area contributed by atoms with Gasteiger partial charge in [0.05, 0.1) is 15.9 Å². The predicted molar refractivity (Wildman–Crippen MR) is 85.2 cm³/mol. The molecule has 1 aromatic carbocycles. The average Bonchev–Trinajstić information content (AvgIpc) is 2.49. The van der Waals surface area contributed by atoms with E-state index in [1.54, 1.807) is 6.21 Å². The van der Waals surface area contributed by atoms with Gasteiger partial charge in [0.1, 0.15) is 5.69 Å². The predicted octanol–water partition coefficient (Wildman–Crippen LogP) is 4.26. The SMILES string of the molecule is CCCCCCC/C=N/Nc1ccc([N+](=O)[O-])cc1[N+](=O)[O-]. The fourth-order valence-corrected chi connectivity index (χ4v) is 1.90. The number of anilines is 1. The van der Waals surface area contributed by atoms with E-state index in [1.807, 2.05) is 0 Å². The minimum Gasteiger partial charge on any atom is -0.272 e. The summed E-state index contributed by atoms with van der Waals surface area (Å²) in [6, 6.07) is 3.41. The fraction of sp³-hybridized carbons (Fsp3) is 0.500. The van der Waals surface area contributed by atoms with Crippen molar-refractivity contribution in [2.24, 2.45) is 5.10 Å². The van der Waals surface area contributed by atoms with Crippen molar-refractivity contribution >= 4 is 23.3 Å². The quantitative estimate of drug-likeness (QED) is 0.300. The number of hydrogen-bond donors (Lipinski definition) is 1. The average molecular weight is 308 g/mol. The van der Waals surface area contributed by atoms with Crippen LogP contribution in [0, 0.1) is 20.2 Å². The normalized spacial score (nSPS) is 10.8. The molecule has 0 aliphatic heterocycles. The lowest BCUT2D eigenvalue weighted by Gasteiger charge is -2.02. The highest BCUT2D eigenvalue weighted by Gasteiger charge is 2.18. The van der Waals surface area contributed by atoms with E-state index in [1.165, 1.54) is 31.4 Å². The fourth-order valence-electron chi connectivity index (χ4n) is 1.90. The van der Waals surface area contributed by atoms with Crippen LogP contribution in [0.25, 0.3) is 0 Å². The Balaban J connectivity index is 2.54. The number of nitrogens with zero attached hydrogens (tertiary/aromatic N) is 3. The summed E-state index contributed by atoms with van der Waals surface area (Å²) in [7, 11) is 0. The van der Waals surface area contributed by atoms with Crippen molar-refractivity contribution in [1.82, 2.24) is 0 Å². The molecule has 8 nitrogen and oxygen atoms in total. The maximum absolute atomic E-state index is 10.9. The number of unbranched alkanes of at least 4 members (excludes halogenated alkanes) is 5. The smallest absolute Gasteiger partial charge is 0.272 e. The van der Waals surface area contributed by atoms with Crippen LogP contribution in [0.4, 0.5) is 17.1 Å². The molecule has 0 saturated carbocycles. The van der Waals surface area contributed by atoms with E-state index in [9.17, 15) is 20.2 Å². The number of non-ortho nitro benzene ring substituents is 1. The third kappa shape index (κ3) is 5.86. The van der Waals surface area contributed by atoms with Gasteiger partial charge >= 0.3 is 5.69 Å². The lowest BCUT2D eigenvalue weighted by molar-refractivity contribution is -0.393. The highest BCUT2D eigenvalue weighted by molar-refractivity contribution is 5.67. The van der Waals surface area contributed by atoms with Crippen LogP contribution in [0.5, 0.6) is 0 Å². The molecule has 1 aromatic rings. The van der Waals surface area contributed by atoms with Crippen LogP contribution in [0.15, 0.2) is 23.3 Å². The van der Waals surface area contributed by atoms with Gasteiger partial charge in [0.2, 0.25) is 0 Å². The second-order valence-electron chi connectivity index (χ2n) is 4.84. The zero-order valence-corrected chi connectivity index (χ0v) is 12.5. The van der Waals surface area contributed by atoms with Gasteiger partial charge in [0.25, 0.3) is 5.69 Å². The molecule has 0 fully saturated rings. The van der Waals surface area contributed by atoms with Crippen LogP contribution in [0.1, 0.15) is 45.4 Å². The minimum absolute atomic E-state index is 0.137. The van der Waals surface area contributed by atoms with Crippen LogP contribution >= 0.6 is 0 Å². The number of hydrazone groups is 1. The van der Waals surface area contributed by atoms with Crippen molar-refractivity contribution in [3.63, 3.8) is 0 Å². The first-order chi connectivity index (χ1) is 10.6. The second kappa shape index (κ2) is 9.43. The van der Waals surface area contributed by atoms with Crippen LogP contribution in [-0.4, -0.2) is 16.1 Å². The monoisotopic (exact) mass is 308 g/mol. The summed E-state index contributed by atoms with van der Waals surface area (Å²) in [5, 5.41) is 25.5. The highest BCUT2D eigenvalue weighted by atomic mass is 16.6. The number of rotatable bonds is 10. The first kappa shape index (κ1) is 17.5. The summed E-state index contributed by atoms with van der Waals surface area (Å²) in [5.74, 6) is 0. The zero-order chi connectivity index (χ0) is 16.4. The van der Waals surface area contributed by atoms with Crippen LogP contribution in [0.3, 0.4) is 0 Å². The van der Waals surface area contributed by atoms with Crippen LogP contribution in [-0.2, 0) is 0 Å². The summed E-state index contributed by atoms with van der Waals surface area (Å²) < 4.78 is 0. The van der Waals surface area contributed by atoms with Gasteiger partial charge in [-0.1, -0.05) is 32.6 Å². The Bertz CT molecular complexity index is 546. The number of hydrogen-bond acceptors (Lipinski definition) is 6. The van der Waals surface area contributed by atoms with Gasteiger partial charge in [-0.2, -0.15) is 5.10 Å². The number of nitro groups is 2. The molecule has 0 unspecified atom stereocenters. The van der Waals surface area contributed by atoms with E-state index >= 15 is 0 Å². The first-order valence-corrected chi connectivity index (χ1v) is 7.26. The maximum atomic E-state index is 10.9. The summed E-state index contributed by atoms with van der Waals surface area (Å²) in [6.45, 7) is 2.16. The molecule has 0 amide bonds. The van der Waals surface area contributed by atoms with Gasteiger partial charge in [0, 0.05) is 12.3 Å². The van der Waals surface area contributed by atoms with E-state index in [0.717, 1.165) is 25.3 Å². The molecule has 22 heavy (non-hydrogen) atoms. The summed E-state index contributed by atoms with van der Waals surface area (Å²) in [6.07, 6.45) is 8.23. The molecule has 0 radical (unpaired) electrons. The molecule has 0 heterocycles. The molecule has 120 valence electrons. The molecule has 0 saturated heterocycles. The standard InChI is InChI=1S/C14H20N4O4/c1-2-3-4-5-6-7-10-15-16-13-9-8-12(17(19)20)11-14(13)18(21)22/h8-11,16H,2-7H2,1H3/b15-10+. The number of nitro benzene ring substituents is 2. The van der Waals surface area contributed by atoms with Gasteiger partial charge < -0.3 is 0 Å². The summed E-state index contributed by atoms with van der Waals surface area (Å²) in [5.41, 5.74) is 2.02. The van der Waals surface area contributed by atoms with Crippen molar-refractivity contribution in [3.8, 4) is 0 Å². The van der Waals surface area contributed by atoms with Gasteiger partial charge in [-0.05, 0) is 18.9 Å². The second-order valence-corrected chi connectivity index (χ2v) is 4.84. The Morgan fingerprint density at radius 3 is 2.50 bits per heavy atom. The zero-order valence-electron chi connectivity index (χ0n) is 12.5. The molecular formula is C14H20N4O4. The van der Waals surface area contributed by atoms with Crippen molar-refractivity contribution in [2.75, 3.05) is 5.43 Å². The molecule has 0 bridgehead atoms. The number of benzene rings is 1. The van der Waals surface area contributed by atoms with Crippen molar-refractivity contribution in [1.29, 1.82) is 0 Å². The van der Waals surface area contributed by atoms with E-state index in [0.29, 0.717) is 0 Å². The van der Waals surface area contributed by atoms with E-state index in [2.05, 4.69) is 17.5 Å². The molecule has 0 spiro atoms. The lowest BCUT2D eigenvalue weighted by atomic mass is 10.1. The Hall–Kier alpha value is -2.51. The van der Waals surface area contributed by atoms with Gasteiger partial charge in [0.15, 0.2) is 0 Å². The molecule has 8 heteroatoms. The molecule has 0 aliphatic rings. The summed E-state index contributed by atoms with van der Waals surface area (Å²) >= 11 is 0. The third-order valence-electron chi connectivity index (χ3n) is 3.10. The molecule has 0 aromatic heterocycles. The van der Waals surface area contributed by atoms with Crippen LogP contribution < -0.4 is 5.43 Å². The maximum Gasteiger partial charge on any atom is 0.301 e.